The maximum absolute atomic E-state index is 12.3. The molecule has 0 spiro atoms. The molecule has 1 heterocycles. The maximum atomic E-state index is 12.3. The Labute approximate surface area is 130 Å². The number of piperidine rings is 1. The summed E-state index contributed by atoms with van der Waals surface area (Å²) in [7, 11) is -3.31. The molecule has 21 heavy (non-hydrogen) atoms. The summed E-state index contributed by atoms with van der Waals surface area (Å²) >= 11 is 1.48. The molecule has 0 bridgehead atoms. The molecule has 118 valence electrons. The molecule has 0 radical (unpaired) electrons. The van der Waals surface area contributed by atoms with E-state index in [1.54, 1.807) is 13.0 Å². The molecular weight excluding hydrogens is 308 g/mol. The number of hydrogen-bond acceptors (Lipinski definition) is 5. The molecule has 5 nitrogen and oxygen atoms in total. The van der Waals surface area contributed by atoms with Gasteiger partial charge in [0.2, 0.25) is 10.0 Å². The van der Waals surface area contributed by atoms with E-state index in [9.17, 15) is 13.5 Å². The lowest BCUT2D eigenvalue weighted by molar-refractivity contribution is 0.00945. The van der Waals surface area contributed by atoms with Crippen LogP contribution in [-0.4, -0.2) is 48.0 Å². The van der Waals surface area contributed by atoms with Crippen molar-refractivity contribution in [3.63, 3.8) is 0 Å². The number of thioether (sulfide) groups is 1. The third-order valence-corrected chi connectivity index (χ3v) is 6.57. The highest BCUT2D eigenvalue weighted by molar-refractivity contribution is 8.00. The van der Waals surface area contributed by atoms with Crippen LogP contribution in [-0.2, 0) is 10.0 Å². The van der Waals surface area contributed by atoms with Crippen LogP contribution in [0.2, 0.25) is 0 Å². The smallest absolute Gasteiger partial charge is 0.215 e. The van der Waals surface area contributed by atoms with Crippen molar-refractivity contribution >= 4 is 27.5 Å². The number of rotatable bonds is 5. The average Bonchev–Trinajstić information content (AvgIpc) is 2.37. The first kappa shape index (κ1) is 16.6. The summed E-state index contributed by atoms with van der Waals surface area (Å²) in [5.74, 6) is 0.549. The highest BCUT2D eigenvalue weighted by Crippen LogP contribution is 2.24. The summed E-state index contributed by atoms with van der Waals surface area (Å²) in [4.78, 5) is 0.968. The van der Waals surface area contributed by atoms with Crippen LogP contribution in [0.1, 0.15) is 19.8 Å². The Hall–Kier alpha value is -0.760. The van der Waals surface area contributed by atoms with Gasteiger partial charge in [-0.2, -0.15) is 4.31 Å². The summed E-state index contributed by atoms with van der Waals surface area (Å²) in [6, 6.07) is 7.41. The topological polar surface area (TPSA) is 83.6 Å². The molecule has 1 aromatic carbocycles. The Morgan fingerprint density at radius 2 is 2.24 bits per heavy atom. The fraction of sp³-hybridized carbons (Fsp3) is 0.571. The van der Waals surface area contributed by atoms with E-state index in [1.165, 1.54) is 16.1 Å². The van der Waals surface area contributed by atoms with E-state index in [1.807, 2.05) is 18.2 Å². The van der Waals surface area contributed by atoms with Gasteiger partial charge in [-0.15, -0.1) is 11.8 Å². The third kappa shape index (κ3) is 4.88. The number of β-amino-alcohol motifs (C(OH)–C–C–N with tert-alkyl or cyclic N) is 1. The van der Waals surface area contributed by atoms with Gasteiger partial charge in [0.15, 0.2) is 0 Å². The van der Waals surface area contributed by atoms with Crippen molar-refractivity contribution < 1.29 is 13.5 Å². The quantitative estimate of drug-likeness (QED) is 0.632. The molecule has 2 rings (SSSR count). The Morgan fingerprint density at radius 1 is 1.48 bits per heavy atom. The first-order chi connectivity index (χ1) is 9.78. The number of anilines is 1. The number of benzene rings is 1. The minimum Gasteiger partial charge on any atom is -0.399 e. The summed E-state index contributed by atoms with van der Waals surface area (Å²) in [6.45, 7) is 2.38. The monoisotopic (exact) mass is 330 g/mol. The number of nitrogens with two attached hydrogens (primary N) is 1. The fourth-order valence-electron chi connectivity index (χ4n) is 2.41. The number of nitrogen functional groups attached to an aromatic ring is 1. The number of aliphatic hydroxyl groups is 1. The van der Waals surface area contributed by atoms with E-state index in [0.29, 0.717) is 30.8 Å². The van der Waals surface area contributed by atoms with Gasteiger partial charge in [0.05, 0.1) is 11.4 Å². The van der Waals surface area contributed by atoms with Gasteiger partial charge in [0, 0.05) is 29.4 Å². The van der Waals surface area contributed by atoms with E-state index >= 15 is 0 Å². The molecule has 7 heteroatoms. The van der Waals surface area contributed by atoms with Crippen LogP contribution in [0.5, 0.6) is 0 Å². The lowest BCUT2D eigenvalue weighted by Crippen LogP contribution is -2.49. The number of hydrogen-bond donors (Lipinski definition) is 2. The van der Waals surface area contributed by atoms with Crippen molar-refractivity contribution in [3.8, 4) is 0 Å². The van der Waals surface area contributed by atoms with Crippen molar-refractivity contribution in [1.82, 2.24) is 4.31 Å². The zero-order chi connectivity index (χ0) is 15.5. The van der Waals surface area contributed by atoms with Gasteiger partial charge in [0.1, 0.15) is 0 Å². The second kappa shape index (κ2) is 6.56. The second-order valence-corrected chi connectivity index (χ2v) is 8.93. The maximum Gasteiger partial charge on any atom is 0.215 e. The van der Waals surface area contributed by atoms with Crippen molar-refractivity contribution in [1.29, 1.82) is 0 Å². The van der Waals surface area contributed by atoms with Crippen molar-refractivity contribution in [3.05, 3.63) is 24.3 Å². The first-order valence-corrected chi connectivity index (χ1v) is 9.57. The molecule has 1 unspecified atom stereocenters. The molecule has 0 aliphatic carbocycles. The Balaban J connectivity index is 1.89. The van der Waals surface area contributed by atoms with Crippen molar-refractivity contribution in [2.45, 2.75) is 30.3 Å². The minimum atomic E-state index is -3.31. The molecule has 1 aromatic rings. The highest BCUT2D eigenvalue weighted by atomic mass is 32.2. The largest absolute Gasteiger partial charge is 0.399 e. The summed E-state index contributed by atoms with van der Waals surface area (Å²) < 4.78 is 26.0. The molecule has 3 N–H and O–H groups in total. The van der Waals surface area contributed by atoms with Crippen LogP contribution in [0.25, 0.3) is 0 Å². The van der Waals surface area contributed by atoms with Gasteiger partial charge in [-0.3, -0.25) is 0 Å². The molecule has 1 atom stereocenters. The summed E-state index contributed by atoms with van der Waals surface area (Å²) in [5.41, 5.74) is 5.46. The number of nitrogens with zero attached hydrogens (tertiary/aromatic N) is 1. The van der Waals surface area contributed by atoms with Crippen LogP contribution < -0.4 is 5.73 Å². The summed E-state index contributed by atoms with van der Waals surface area (Å²) in [5, 5.41) is 10.0. The second-order valence-electron chi connectivity index (χ2n) is 5.67. The lowest BCUT2D eigenvalue weighted by Gasteiger charge is -2.35. The van der Waals surface area contributed by atoms with Gasteiger partial charge in [-0.1, -0.05) is 6.07 Å². The molecule has 1 aliphatic rings. The zero-order valence-corrected chi connectivity index (χ0v) is 13.8. The Morgan fingerprint density at radius 3 is 2.90 bits per heavy atom. The number of sulfonamides is 1. The van der Waals surface area contributed by atoms with Gasteiger partial charge in [0.25, 0.3) is 0 Å². The zero-order valence-electron chi connectivity index (χ0n) is 12.2. The van der Waals surface area contributed by atoms with Gasteiger partial charge >= 0.3 is 0 Å². The SMILES string of the molecule is CC1(O)CCCN(S(=O)(=O)CCSc2cccc(N)c2)C1. The third-order valence-electron chi connectivity index (χ3n) is 3.50. The average molecular weight is 330 g/mol. The van der Waals surface area contributed by atoms with Gasteiger partial charge < -0.3 is 10.8 Å². The molecule has 0 saturated carbocycles. The molecular formula is C14H22N2O3S2. The molecule has 0 amide bonds. The normalized spacial score (nSPS) is 24.1. The molecule has 1 fully saturated rings. The predicted molar refractivity (Wildman–Crippen MR) is 86.8 cm³/mol. The standard InChI is InChI=1S/C14H22N2O3S2/c1-14(17)6-3-7-16(11-14)21(18,19)9-8-20-13-5-2-4-12(15)10-13/h2,4-5,10,17H,3,6-9,11,15H2,1H3. The van der Waals surface area contributed by atoms with Gasteiger partial charge in [-0.05, 0) is 38.0 Å². The van der Waals surface area contributed by atoms with E-state index in [4.69, 9.17) is 5.73 Å². The van der Waals surface area contributed by atoms with Crippen LogP contribution in [0.15, 0.2) is 29.2 Å². The summed E-state index contributed by atoms with van der Waals surface area (Å²) in [6.07, 6.45) is 1.35. The Kier molecular flexibility index (Phi) is 5.19. The molecule has 0 aromatic heterocycles. The molecule has 1 aliphatic heterocycles. The van der Waals surface area contributed by atoms with Crippen molar-refractivity contribution in [2.24, 2.45) is 0 Å². The predicted octanol–water partition coefficient (Wildman–Crippen LogP) is 1.54. The van der Waals surface area contributed by atoms with Crippen molar-refractivity contribution in [2.75, 3.05) is 30.3 Å². The Bertz CT molecular complexity index is 588. The van der Waals surface area contributed by atoms with E-state index in [2.05, 4.69) is 0 Å². The van der Waals surface area contributed by atoms with E-state index < -0.39 is 15.6 Å². The molecule has 1 saturated heterocycles. The fourth-order valence-corrected chi connectivity index (χ4v) is 5.36. The van der Waals surface area contributed by atoms with Crippen LogP contribution in [0.4, 0.5) is 5.69 Å². The van der Waals surface area contributed by atoms with E-state index in [-0.39, 0.29) is 12.3 Å². The lowest BCUT2D eigenvalue weighted by atomic mass is 9.97. The van der Waals surface area contributed by atoms with Crippen LogP contribution in [0.3, 0.4) is 0 Å². The first-order valence-electron chi connectivity index (χ1n) is 6.97. The van der Waals surface area contributed by atoms with Crippen LogP contribution in [0, 0.1) is 0 Å². The minimum absolute atomic E-state index is 0.0720. The van der Waals surface area contributed by atoms with Crippen LogP contribution >= 0.6 is 11.8 Å². The van der Waals surface area contributed by atoms with Gasteiger partial charge in [-0.25, -0.2) is 8.42 Å². The highest BCUT2D eigenvalue weighted by Gasteiger charge is 2.34. The van der Waals surface area contributed by atoms with E-state index in [0.717, 1.165) is 4.90 Å².